The smallest absolute Gasteiger partial charge is 0.240 e. The van der Waals surface area contributed by atoms with E-state index in [0.29, 0.717) is 18.5 Å². The molecule has 136 valence electrons. The standard InChI is InChI=1S/C22H21N3O2/c1-14-11-15(2)13-17(12-14)24-20(26)22(8-9-22)21(27)25-18-7-3-5-16-6-4-10-23-19(16)18/h3-7,10-13H,8-9H2,1-2H3,(H,24,26)(H,25,27). The molecule has 1 saturated carbocycles. The summed E-state index contributed by atoms with van der Waals surface area (Å²) in [6.45, 7) is 3.96. The molecular weight excluding hydrogens is 338 g/mol. The molecular formula is C22H21N3O2. The van der Waals surface area contributed by atoms with Crippen LogP contribution in [-0.2, 0) is 9.59 Å². The van der Waals surface area contributed by atoms with Crippen molar-refractivity contribution in [2.75, 3.05) is 10.6 Å². The van der Waals surface area contributed by atoms with Gasteiger partial charge < -0.3 is 10.6 Å². The van der Waals surface area contributed by atoms with Crippen molar-refractivity contribution in [2.45, 2.75) is 26.7 Å². The summed E-state index contributed by atoms with van der Waals surface area (Å²) in [4.78, 5) is 30.1. The number of aromatic nitrogens is 1. The van der Waals surface area contributed by atoms with Gasteiger partial charge in [0.25, 0.3) is 0 Å². The zero-order chi connectivity index (χ0) is 19.0. The van der Waals surface area contributed by atoms with Crippen LogP contribution in [0.4, 0.5) is 11.4 Å². The number of carbonyl (C=O) groups excluding carboxylic acids is 2. The summed E-state index contributed by atoms with van der Waals surface area (Å²) in [6, 6.07) is 15.3. The van der Waals surface area contributed by atoms with Gasteiger partial charge in [-0.1, -0.05) is 24.3 Å². The first-order chi connectivity index (χ1) is 13.0. The molecule has 0 atom stereocenters. The van der Waals surface area contributed by atoms with Gasteiger partial charge in [-0.05, 0) is 62.1 Å². The van der Waals surface area contributed by atoms with Crippen LogP contribution in [-0.4, -0.2) is 16.8 Å². The second-order valence-corrected chi connectivity index (χ2v) is 7.25. The number of para-hydroxylation sites is 1. The Kier molecular flexibility index (Phi) is 4.15. The van der Waals surface area contributed by atoms with Crippen molar-refractivity contribution in [2.24, 2.45) is 5.41 Å². The van der Waals surface area contributed by atoms with Crippen LogP contribution in [0.3, 0.4) is 0 Å². The molecule has 2 N–H and O–H groups in total. The maximum Gasteiger partial charge on any atom is 0.240 e. The number of rotatable bonds is 4. The first-order valence-electron chi connectivity index (χ1n) is 9.03. The van der Waals surface area contributed by atoms with Gasteiger partial charge in [-0.2, -0.15) is 0 Å². The number of carbonyl (C=O) groups is 2. The molecule has 1 aromatic heterocycles. The highest BCUT2D eigenvalue weighted by Gasteiger charge is 2.56. The molecule has 1 fully saturated rings. The maximum absolute atomic E-state index is 12.9. The molecule has 0 bridgehead atoms. The second kappa shape index (κ2) is 6.50. The molecule has 5 heteroatoms. The molecule has 4 rings (SSSR count). The van der Waals surface area contributed by atoms with Gasteiger partial charge in [0.1, 0.15) is 5.41 Å². The summed E-state index contributed by atoms with van der Waals surface area (Å²) < 4.78 is 0. The summed E-state index contributed by atoms with van der Waals surface area (Å²) in [5, 5.41) is 6.77. The molecule has 0 aliphatic heterocycles. The Balaban J connectivity index is 1.55. The van der Waals surface area contributed by atoms with Crippen molar-refractivity contribution in [3.8, 4) is 0 Å². The number of hydrogen-bond donors (Lipinski definition) is 2. The Morgan fingerprint density at radius 2 is 1.59 bits per heavy atom. The number of nitrogens with one attached hydrogen (secondary N) is 2. The lowest BCUT2D eigenvalue weighted by Gasteiger charge is -2.16. The first kappa shape index (κ1) is 17.2. The van der Waals surface area contributed by atoms with Gasteiger partial charge in [-0.25, -0.2) is 0 Å². The van der Waals surface area contributed by atoms with Crippen molar-refractivity contribution in [1.29, 1.82) is 0 Å². The van der Waals surface area contributed by atoms with E-state index in [2.05, 4.69) is 15.6 Å². The molecule has 2 amide bonds. The average Bonchev–Trinajstić information content (AvgIpc) is 3.43. The van der Waals surface area contributed by atoms with Crippen LogP contribution in [0.2, 0.25) is 0 Å². The third kappa shape index (κ3) is 3.28. The van der Waals surface area contributed by atoms with Crippen molar-refractivity contribution in [3.63, 3.8) is 0 Å². The lowest BCUT2D eigenvalue weighted by Crippen LogP contribution is -2.35. The quantitative estimate of drug-likeness (QED) is 0.686. The molecule has 1 aliphatic carbocycles. The topological polar surface area (TPSA) is 71.1 Å². The molecule has 0 radical (unpaired) electrons. The zero-order valence-electron chi connectivity index (χ0n) is 15.4. The van der Waals surface area contributed by atoms with E-state index in [-0.39, 0.29) is 11.8 Å². The molecule has 0 unspecified atom stereocenters. The molecule has 0 spiro atoms. The Morgan fingerprint density at radius 3 is 2.30 bits per heavy atom. The van der Waals surface area contributed by atoms with E-state index >= 15 is 0 Å². The van der Waals surface area contributed by atoms with Crippen LogP contribution in [0.1, 0.15) is 24.0 Å². The highest BCUT2D eigenvalue weighted by atomic mass is 16.2. The summed E-state index contributed by atoms with van der Waals surface area (Å²) in [5.41, 5.74) is 3.21. The van der Waals surface area contributed by atoms with E-state index < -0.39 is 5.41 Å². The normalized spacial score (nSPS) is 14.6. The lowest BCUT2D eigenvalue weighted by atomic mass is 10.0. The van der Waals surface area contributed by atoms with Gasteiger partial charge >= 0.3 is 0 Å². The second-order valence-electron chi connectivity index (χ2n) is 7.25. The number of anilines is 2. The molecule has 1 aliphatic rings. The van der Waals surface area contributed by atoms with Crippen LogP contribution >= 0.6 is 0 Å². The molecule has 1 heterocycles. The fourth-order valence-corrected chi connectivity index (χ4v) is 3.43. The Labute approximate surface area is 157 Å². The van der Waals surface area contributed by atoms with E-state index in [1.54, 1.807) is 6.20 Å². The van der Waals surface area contributed by atoms with E-state index in [4.69, 9.17) is 0 Å². The summed E-state index contributed by atoms with van der Waals surface area (Å²) in [6.07, 6.45) is 2.79. The van der Waals surface area contributed by atoms with Crippen LogP contribution in [0.15, 0.2) is 54.7 Å². The first-order valence-corrected chi connectivity index (χ1v) is 9.03. The maximum atomic E-state index is 12.9. The predicted molar refractivity (Wildman–Crippen MR) is 107 cm³/mol. The summed E-state index contributed by atoms with van der Waals surface area (Å²) >= 11 is 0. The number of amides is 2. The highest BCUT2D eigenvalue weighted by Crippen LogP contribution is 2.47. The Hall–Kier alpha value is -3.21. The Morgan fingerprint density at radius 1 is 0.926 bits per heavy atom. The molecule has 27 heavy (non-hydrogen) atoms. The largest absolute Gasteiger partial charge is 0.325 e. The number of aryl methyl sites for hydroxylation is 2. The van der Waals surface area contributed by atoms with Crippen LogP contribution in [0.25, 0.3) is 10.9 Å². The lowest BCUT2D eigenvalue weighted by molar-refractivity contribution is -0.131. The van der Waals surface area contributed by atoms with Gasteiger partial charge in [0.05, 0.1) is 11.2 Å². The SMILES string of the molecule is Cc1cc(C)cc(NC(=O)C2(C(=O)Nc3cccc4cccnc34)CC2)c1. The van der Waals surface area contributed by atoms with Gasteiger partial charge in [-0.3, -0.25) is 14.6 Å². The summed E-state index contributed by atoms with van der Waals surface area (Å²) in [7, 11) is 0. The van der Waals surface area contributed by atoms with Crippen molar-refractivity contribution in [3.05, 3.63) is 65.9 Å². The number of hydrogen-bond acceptors (Lipinski definition) is 3. The Bertz CT molecular complexity index is 1030. The molecule has 0 saturated heterocycles. The van der Waals surface area contributed by atoms with Crippen LogP contribution in [0, 0.1) is 19.3 Å². The number of nitrogens with zero attached hydrogens (tertiary/aromatic N) is 1. The summed E-state index contributed by atoms with van der Waals surface area (Å²) in [5.74, 6) is -0.527. The van der Waals surface area contributed by atoms with Gasteiger partial charge in [0.15, 0.2) is 0 Å². The minimum absolute atomic E-state index is 0.252. The molecule has 3 aromatic rings. The fourth-order valence-electron chi connectivity index (χ4n) is 3.43. The monoisotopic (exact) mass is 359 g/mol. The van der Waals surface area contributed by atoms with Gasteiger partial charge in [0.2, 0.25) is 11.8 Å². The van der Waals surface area contributed by atoms with Crippen LogP contribution in [0.5, 0.6) is 0 Å². The number of pyridine rings is 1. The third-order valence-electron chi connectivity index (χ3n) is 4.98. The van der Waals surface area contributed by atoms with E-state index in [1.807, 2.05) is 62.4 Å². The third-order valence-corrected chi connectivity index (χ3v) is 4.98. The molecule has 2 aromatic carbocycles. The molecule has 5 nitrogen and oxygen atoms in total. The average molecular weight is 359 g/mol. The zero-order valence-corrected chi connectivity index (χ0v) is 15.4. The van der Waals surface area contributed by atoms with Crippen LogP contribution < -0.4 is 10.6 Å². The van der Waals surface area contributed by atoms with Gasteiger partial charge in [-0.15, -0.1) is 0 Å². The van der Waals surface area contributed by atoms with Gasteiger partial charge in [0, 0.05) is 17.3 Å². The number of fused-ring (bicyclic) bond motifs is 1. The minimum Gasteiger partial charge on any atom is -0.325 e. The van der Waals surface area contributed by atoms with E-state index in [1.165, 1.54) is 0 Å². The highest BCUT2D eigenvalue weighted by molar-refractivity contribution is 6.18. The van der Waals surface area contributed by atoms with Crippen molar-refractivity contribution >= 4 is 34.1 Å². The fraction of sp³-hybridized carbons (Fsp3) is 0.227. The minimum atomic E-state index is -1.01. The van der Waals surface area contributed by atoms with Crippen molar-refractivity contribution in [1.82, 2.24) is 4.98 Å². The van der Waals surface area contributed by atoms with Crippen molar-refractivity contribution < 1.29 is 9.59 Å². The van der Waals surface area contributed by atoms with E-state index in [0.717, 1.165) is 27.7 Å². The predicted octanol–water partition coefficient (Wildman–Crippen LogP) is 4.21. The van der Waals surface area contributed by atoms with E-state index in [9.17, 15) is 9.59 Å². The number of benzene rings is 2.